The Bertz CT molecular complexity index is 984. The molecule has 2 aliphatic heterocycles. The molecular weight excluding hydrogens is 423 g/mol. The number of rotatable bonds is 2. The molecule has 0 aromatic heterocycles. The first-order chi connectivity index (χ1) is 14.2. The summed E-state index contributed by atoms with van der Waals surface area (Å²) < 4.78 is 44.7. The van der Waals surface area contributed by atoms with Crippen LogP contribution >= 0.6 is 11.6 Å². The molecule has 1 N–H and O–H groups in total. The van der Waals surface area contributed by atoms with E-state index in [9.17, 15) is 22.8 Å². The topological polar surface area (TPSA) is 61.9 Å². The Morgan fingerprint density at radius 3 is 2.63 bits per heavy atom. The largest absolute Gasteiger partial charge is 0.445 e. The zero-order chi connectivity index (χ0) is 21.5. The summed E-state index contributed by atoms with van der Waals surface area (Å²) in [7, 11) is 0. The molecule has 2 amide bonds. The number of amides is 2. The van der Waals surface area contributed by atoms with Crippen molar-refractivity contribution in [2.75, 3.05) is 29.9 Å². The molecule has 10 heteroatoms. The Hall–Kier alpha value is -2.94. The van der Waals surface area contributed by atoms with Crippen LogP contribution in [0.3, 0.4) is 0 Å². The van der Waals surface area contributed by atoms with Crippen molar-refractivity contribution in [2.24, 2.45) is 0 Å². The number of nitrogens with one attached hydrogen (secondary N) is 1. The van der Waals surface area contributed by atoms with E-state index >= 15 is 0 Å². The fourth-order valence-corrected chi connectivity index (χ4v) is 3.87. The van der Waals surface area contributed by atoms with Gasteiger partial charge < -0.3 is 19.9 Å². The number of nitrogens with zero attached hydrogens (tertiary/aromatic N) is 2. The molecule has 0 bridgehead atoms. The standard InChI is InChI=1S/C20H17ClF3N3O3/c21-14-9-16-15(8-13(14)20(22,23)24)25-18(28)17-10-26(6-7-27(16)17)19(29)30-11-12-4-2-1-3-5-12/h1-5,8-9,17H,6-7,10-11H2,(H,25,28). The van der Waals surface area contributed by atoms with E-state index < -0.39 is 34.8 Å². The fraction of sp³-hybridized carbons (Fsp3) is 0.300. The lowest BCUT2D eigenvalue weighted by Gasteiger charge is -2.44. The molecule has 0 radical (unpaired) electrons. The number of benzene rings is 2. The molecule has 2 aliphatic rings. The summed E-state index contributed by atoms with van der Waals surface area (Å²) in [5.41, 5.74) is 0.275. The molecule has 0 saturated carbocycles. The number of carbonyl (C=O) groups is 2. The third-order valence-corrected chi connectivity index (χ3v) is 5.42. The van der Waals surface area contributed by atoms with Crippen molar-refractivity contribution >= 4 is 35.0 Å². The monoisotopic (exact) mass is 439 g/mol. The maximum Gasteiger partial charge on any atom is 0.417 e. The van der Waals surface area contributed by atoms with Crippen molar-refractivity contribution in [3.8, 4) is 0 Å². The lowest BCUT2D eigenvalue weighted by Crippen LogP contribution is -2.61. The van der Waals surface area contributed by atoms with Gasteiger partial charge in [-0.15, -0.1) is 0 Å². The average Bonchev–Trinajstić information content (AvgIpc) is 2.72. The first-order valence-electron chi connectivity index (χ1n) is 9.18. The van der Waals surface area contributed by atoms with Crippen LogP contribution in [0.5, 0.6) is 0 Å². The normalized spacial score (nSPS) is 18.4. The van der Waals surface area contributed by atoms with Crippen LogP contribution in [-0.2, 0) is 22.3 Å². The zero-order valence-corrected chi connectivity index (χ0v) is 16.3. The van der Waals surface area contributed by atoms with Gasteiger partial charge in [0.05, 0.1) is 28.5 Å². The lowest BCUT2D eigenvalue weighted by atomic mass is 10.0. The van der Waals surface area contributed by atoms with Crippen molar-refractivity contribution in [3.63, 3.8) is 0 Å². The van der Waals surface area contributed by atoms with E-state index in [0.717, 1.165) is 11.6 Å². The van der Waals surface area contributed by atoms with Crippen molar-refractivity contribution in [2.45, 2.75) is 18.8 Å². The molecule has 1 unspecified atom stereocenters. The van der Waals surface area contributed by atoms with Crippen LogP contribution in [-0.4, -0.2) is 42.6 Å². The molecule has 30 heavy (non-hydrogen) atoms. The van der Waals surface area contributed by atoms with Crippen LogP contribution in [0.4, 0.5) is 29.3 Å². The van der Waals surface area contributed by atoms with Crippen LogP contribution in [0.1, 0.15) is 11.1 Å². The van der Waals surface area contributed by atoms with Gasteiger partial charge in [-0.05, 0) is 17.7 Å². The van der Waals surface area contributed by atoms with Crippen LogP contribution < -0.4 is 10.2 Å². The van der Waals surface area contributed by atoms with Gasteiger partial charge in [0.2, 0.25) is 5.91 Å². The number of alkyl halides is 3. The summed E-state index contributed by atoms with van der Waals surface area (Å²) in [6, 6.07) is 10.5. The van der Waals surface area contributed by atoms with E-state index in [1.165, 1.54) is 11.0 Å². The smallest absolute Gasteiger partial charge is 0.417 e. The van der Waals surface area contributed by atoms with Crippen molar-refractivity contribution in [3.05, 3.63) is 58.6 Å². The van der Waals surface area contributed by atoms with E-state index in [0.29, 0.717) is 5.69 Å². The highest BCUT2D eigenvalue weighted by atomic mass is 35.5. The Morgan fingerprint density at radius 2 is 1.93 bits per heavy atom. The zero-order valence-electron chi connectivity index (χ0n) is 15.6. The van der Waals surface area contributed by atoms with Crippen LogP contribution in [0.2, 0.25) is 5.02 Å². The van der Waals surface area contributed by atoms with Gasteiger partial charge in [0.25, 0.3) is 0 Å². The Kier molecular flexibility index (Phi) is 5.23. The predicted octanol–water partition coefficient (Wildman–Crippen LogP) is 4.14. The fourth-order valence-electron chi connectivity index (χ4n) is 3.61. The quantitative estimate of drug-likeness (QED) is 0.764. The Labute approximate surface area is 175 Å². The summed E-state index contributed by atoms with van der Waals surface area (Å²) in [5, 5.41) is 2.05. The summed E-state index contributed by atoms with van der Waals surface area (Å²) in [6.07, 6.45) is -5.18. The van der Waals surface area contributed by atoms with Crippen LogP contribution in [0.25, 0.3) is 0 Å². The number of piperazine rings is 1. The molecule has 158 valence electrons. The molecule has 0 aliphatic carbocycles. The number of carbonyl (C=O) groups excluding carboxylic acids is 2. The highest BCUT2D eigenvalue weighted by Crippen LogP contribution is 2.43. The summed E-state index contributed by atoms with van der Waals surface area (Å²) in [6.45, 7) is 0.676. The van der Waals surface area contributed by atoms with Gasteiger partial charge in [-0.25, -0.2) is 4.79 Å². The molecule has 6 nitrogen and oxygen atoms in total. The van der Waals surface area contributed by atoms with E-state index in [1.54, 1.807) is 4.90 Å². The van der Waals surface area contributed by atoms with Crippen molar-refractivity contribution in [1.29, 1.82) is 0 Å². The number of anilines is 2. The summed E-state index contributed by atoms with van der Waals surface area (Å²) >= 11 is 5.85. The van der Waals surface area contributed by atoms with Gasteiger partial charge in [0.15, 0.2) is 0 Å². The van der Waals surface area contributed by atoms with Gasteiger partial charge in [0, 0.05) is 13.1 Å². The Balaban J connectivity index is 1.49. The molecule has 2 aromatic carbocycles. The molecule has 1 fully saturated rings. The highest BCUT2D eigenvalue weighted by molar-refractivity contribution is 6.32. The van der Waals surface area contributed by atoms with Crippen LogP contribution in [0, 0.1) is 0 Å². The molecular formula is C20H17ClF3N3O3. The first kappa shape index (κ1) is 20.3. The van der Waals surface area contributed by atoms with E-state index in [-0.39, 0.29) is 31.9 Å². The average molecular weight is 440 g/mol. The maximum atomic E-state index is 13.1. The van der Waals surface area contributed by atoms with E-state index in [1.807, 2.05) is 30.3 Å². The third kappa shape index (κ3) is 3.89. The highest BCUT2D eigenvalue weighted by Gasteiger charge is 2.41. The molecule has 1 saturated heterocycles. The summed E-state index contributed by atoms with van der Waals surface area (Å²) in [4.78, 5) is 28.0. The molecule has 2 aromatic rings. The number of fused-ring (bicyclic) bond motifs is 3. The van der Waals surface area contributed by atoms with Gasteiger partial charge in [-0.3, -0.25) is 4.79 Å². The maximum absolute atomic E-state index is 13.1. The van der Waals surface area contributed by atoms with Gasteiger partial charge in [0.1, 0.15) is 12.6 Å². The minimum Gasteiger partial charge on any atom is -0.445 e. The molecule has 0 spiro atoms. The van der Waals surface area contributed by atoms with E-state index in [2.05, 4.69) is 5.32 Å². The number of hydrogen-bond donors (Lipinski definition) is 1. The van der Waals surface area contributed by atoms with Crippen molar-refractivity contribution in [1.82, 2.24) is 4.90 Å². The summed E-state index contributed by atoms with van der Waals surface area (Å²) in [5.74, 6) is -0.487. The minimum atomic E-state index is -4.63. The second-order valence-corrected chi connectivity index (χ2v) is 7.44. The third-order valence-electron chi connectivity index (χ3n) is 5.10. The van der Waals surface area contributed by atoms with Gasteiger partial charge in [-0.1, -0.05) is 41.9 Å². The predicted molar refractivity (Wildman–Crippen MR) is 104 cm³/mol. The van der Waals surface area contributed by atoms with Crippen LogP contribution in [0.15, 0.2) is 42.5 Å². The first-order valence-corrected chi connectivity index (χ1v) is 9.55. The molecule has 4 rings (SSSR count). The van der Waals surface area contributed by atoms with Gasteiger partial charge in [-0.2, -0.15) is 13.2 Å². The SMILES string of the molecule is O=C1Nc2cc(C(F)(F)F)c(Cl)cc2N2CCN(C(=O)OCc3ccccc3)CC12. The molecule has 2 heterocycles. The molecule has 1 atom stereocenters. The second kappa shape index (κ2) is 7.71. The number of halogens is 4. The van der Waals surface area contributed by atoms with E-state index in [4.69, 9.17) is 16.3 Å². The Morgan fingerprint density at radius 1 is 1.20 bits per heavy atom. The number of hydrogen-bond acceptors (Lipinski definition) is 4. The second-order valence-electron chi connectivity index (χ2n) is 7.03. The van der Waals surface area contributed by atoms with Gasteiger partial charge >= 0.3 is 12.3 Å². The minimum absolute atomic E-state index is 0.0491. The number of ether oxygens (including phenoxy) is 1. The lowest BCUT2D eigenvalue weighted by molar-refractivity contribution is -0.137. The van der Waals surface area contributed by atoms with Crippen molar-refractivity contribution < 1.29 is 27.5 Å².